The summed E-state index contributed by atoms with van der Waals surface area (Å²) >= 11 is 0. The van der Waals surface area contributed by atoms with Gasteiger partial charge in [0.25, 0.3) is 0 Å². The van der Waals surface area contributed by atoms with Gasteiger partial charge in [-0.3, -0.25) is 0 Å². The lowest BCUT2D eigenvalue weighted by molar-refractivity contribution is -0.907. The Morgan fingerprint density at radius 2 is 1.82 bits per heavy atom. The fraction of sp³-hybridized carbons (Fsp3) is 0.529. The van der Waals surface area contributed by atoms with Gasteiger partial charge in [0.15, 0.2) is 0 Å². The predicted molar refractivity (Wildman–Crippen MR) is 87.2 cm³/mol. The van der Waals surface area contributed by atoms with Crippen molar-refractivity contribution in [3.05, 3.63) is 42.5 Å². The minimum Gasteiger partial charge on any atom is -0.333 e. The summed E-state index contributed by atoms with van der Waals surface area (Å²) < 4.78 is 26.8. The van der Waals surface area contributed by atoms with E-state index in [1.165, 1.54) is 25.8 Å². The fourth-order valence-corrected chi connectivity index (χ4v) is 4.90. The van der Waals surface area contributed by atoms with Crippen LogP contribution in [0.15, 0.2) is 47.4 Å². The van der Waals surface area contributed by atoms with Crippen molar-refractivity contribution in [3.8, 4) is 0 Å². The molecule has 1 aliphatic heterocycles. The van der Waals surface area contributed by atoms with Crippen molar-refractivity contribution in [3.63, 3.8) is 0 Å². The highest BCUT2D eigenvalue weighted by atomic mass is 32.2. The molecule has 0 bridgehead atoms. The number of benzene rings is 1. The number of allylic oxidation sites excluding steroid dienone is 2. The molecule has 0 aromatic heterocycles. The molecule has 1 unspecified atom stereocenters. The number of piperazine rings is 1. The first kappa shape index (κ1) is 15.7. The van der Waals surface area contributed by atoms with Crippen LogP contribution in [0.5, 0.6) is 0 Å². The molecule has 3 rings (SSSR count). The van der Waals surface area contributed by atoms with Crippen molar-refractivity contribution in [1.82, 2.24) is 4.31 Å². The van der Waals surface area contributed by atoms with Crippen molar-refractivity contribution < 1.29 is 13.3 Å². The molecule has 5 heteroatoms. The van der Waals surface area contributed by atoms with Crippen molar-refractivity contribution in [2.75, 3.05) is 32.7 Å². The molecule has 0 radical (unpaired) electrons. The minimum absolute atomic E-state index is 0.413. The van der Waals surface area contributed by atoms with Gasteiger partial charge < -0.3 is 4.90 Å². The Labute approximate surface area is 133 Å². The van der Waals surface area contributed by atoms with E-state index < -0.39 is 10.0 Å². The van der Waals surface area contributed by atoms with E-state index in [9.17, 15) is 8.42 Å². The third-order valence-electron chi connectivity index (χ3n) is 4.77. The average Bonchev–Trinajstić information content (AvgIpc) is 2.57. The summed E-state index contributed by atoms with van der Waals surface area (Å²) in [5, 5.41) is 0. The van der Waals surface area contributed by atoms with Crippen LogP contribution in [0.25, 0.3) is 0 Å². The third kappa shape index (κ3) is 3.59. The lowest BCUT2D eigenvalue weighted by Crippen LogP contribution is -3.15. The third-order valence-corrected chi connectivity index (χ3v) is 6.68. The molecule has 0 spiro atoms. The van der Waals surface area contributed by atoms with Crippen LogP contribution in [0, 0.1) is 5.92 Å². The van der Waals surface area contributed by atoms with Gasteiger partial charge >= 0.3 is 0 Å². The highest BCUT2D eigenvalue weighted by molar-refractivity contribution is 7.89. The number of quaternary nitrogens is 1. The Hall–Kier alpha value is -1.17. The second-order valence-corrected chi connectivity index (χ2v) is 8.26. The van der Waals surface area contributed by atoms with E-state index in [4.69, 9.17) is 0 Å². The van der Waals surface area contributed by atoms with Crippen LogP contribution < -0.4 is 4.90 Å². The maximum atomic E-state index is 12.6. The number of sulfonamides is 1. The van der Waals surface area contributed by atoms with E-state index in [1.807, 2.05) is 6.07 Å². The molecule has 1 saturated heterocycles. The van der Waals surface area contributed by atoms with Crippen molar-refractivity contribution >= 4 is 10.0 Å². The molecule has 120 valence electrons. The molecule has 1 atom stereocenters. The van der Waals surface area contributed by atoms with E-state index >= 15 is 0 Å². The molecule has 1 N–H and O–H groups in total. The van der Waals surface area contributed by atoms with Crippen molar-refractivity contribution in [2.45, 2.75) is 24.2 Å². The summed E-state index contributed by atoms with van der Waals surface area (Å²) in [6.45, 7) is 4.30. The largest absolute Gasteiger partial charge is 0.333 e. The van der Waals surface area contributed by atoms with Gasteiger partial charge in [0, 0.05) is 5.92 Å². The molecule has 1 aliphatic carbocycles. The van der Waals surface area contributed by atoms with E-state index in [0.29, 0.717) is 18.0 Å². The average molecular weight is 321 g/mol. The molecule has 1 aromatic carbocycles. The molecule has 4 nitrogen and oxygen atoms in total. The molecule has 1 heterocycles. The number of hydrogen-bond acceptors (Lipinski definition) is 2. The topological polar surface area (TPSA) is 41.8 Å². The van der Waals surface area contributed by atoms with Crippen molar-refractivity contribution in [1.29, 1.82) is 0 Å². The maximum absolute atomic E-state index is 12.6. The van der Waals surface area contributed by atoms with E-state index in [-0.39, 0.29) is 0 Å². The highest BCUT2D eigenvalue weighted by Gasteiger charge is 2.31. The molecular formula is C17H25N2O2S+. The van der Waals surface area contributed by atoms with Gasteiger partial charge in [-0.1, -0.05) is 30.4 Å². The summed E-state index contributed by atoms with van der Waals surface area (Å²) in [5.74, 6) is 0.775. The maximum Gasteiger partial charge on any atom is 0.243 e. The molecule has 0 amide bonds. The van der Waals surface area contributed by atoms with Gasteiger partial charge in [-0.2, -0.15) is 4.31 Å². The van der Waals surface area contributed by atoms with Crippen LogP contribution in [-0.2, 0) is 10.0 Å². The standard InChI is InChI=1S/C17H24N2O2S/c20-22(21,17-9-5-2-6-10-17)19-13-11-18(12-14-19)15-16-7-3-1-4-8-16/h1-3,5-6,9-10,16H,4,7-8,11-15H2/p+1. The van der Waals surface area contributed by atoms with Crippen LogP contribution in [0.3, 0.4) is 0 Å². The SMILES string of the molecule is O=S(=O)(c1ccccc1)N1CC[NH+](CC2CC=CCC2)CC1. The number of rotatable bonds is 4. The number of nitrogens with one attached hydrogen (secondary N) is 1. The first-order valence-corrected chi connectivity index (χ1v) is 9.64. The Bertz CT molecular complexity index is 605. The summed E-state index contributed by atoms with van der Waals surface area (Å²) in [4.78, 5) is 1.97. The molecule has 1 fully saturated rings. The predicted octanol–water partition coefficient (Wildman–Crippen LogP) is 0.932. The second-order valence-electron chi connectivity index (χ2n) is 6.32. The van der Waals surface area contributed by atoms with Crippen LogP contribution in [-0.4, -0.2) is 45.4 Å². The van der Waals surface area contributed by atoms with Crippen LogP contribution >= 0.6 is 0 Å². The Kier molecular flexibility index (Phi) is 4.96. The minimum atomic E-state index is -3.31. The zero-order valence-electron chi connectivity index (χ0n) is 12.9. The Balaban J connectivity index is 1.56. The monoisotopic (exact) mass is 321 g/mol. The summed E-state index contributed by atoms with van der Waals surface area (Å²) in [7, 11) is -3.31. The smallest absolute Gasteiger partial charge is 0.243 e. The van der Waals surface area contributed by atoms with E-state index in [0.717, 1.165) is 19.0 Å². The van der Waals surface area contributed by atoms with Gasteiger partial charge in [0.2, 0.25) is 10.0 Å². The number of hydrogen-bond donors (Lipinski definition) is 1. The summed E-state index contributed by atoms with van der Waals surface area (Å²) in [6.07, 6.45) is 8.24. The summed E-state index contributed by atoms with van der Waals surface area (Å²) in [5.41, 5.74) is 0. The van der Waals surface area contributed by atoms with Gasteiger partial charge in [-0.15, -0.1) is 0 Å². The molecule has 22 heavy (non-hydrogen) atoms. The van der Waals surface area contributed by atoms with E-state index in [1.54, 1.807) is 33.5 Å². The first-order chi connectivity index (χ1) is 10.7. The van der Waals surface area contributed by atoms with Gasteiger partial charge in [0.1, 0.15) is 0 Å². The second kappa shape index (κ2) is 6.94. The summed E-state index contributed by atoms with van der Waals surface area (Å²) in [6, 6.07) is 8.78. The zero-order chi connectivity index (χ0) is 15.4. The van der Waals surface area contributed by atoms with Crippen LogP contribution in [0.2, 0.25) is 0 Å². The normalized spacial score (nSPS) is 24.5. The Morgan fingerprint density at radius 3 is 2.45 bits per heavy atom. The quantitative estimate of drug-likeness (QED) is 0.839. The number of nitrogens with zero attached hydrogens (tertiary/aromatic N) is 1. The fourth-order valence-electron chi connectivity index (χ4n) is 3.44. The van der Waals surface area contributed by atoms with E-state index in [2.05, 4.69) is 12.2 Å². The van der Waals surface area contributed by atoms with Crippen molar-refractivity contribution in [2.24, 2.45) is 5.92 Å². The van der Waals surface area contributed by atoms with Crippen LogP contribution in [0.4, 0.5) is 0 Å². The first-order valence-electron chi connectivity index (χ1n) is 8.20. The molecule has 2 aliphatic rings. The lowest BCUT2D eigenvalue weighted by atomic mass is 9.94. The zero-order valence-corrected chi connectivity index (χ0v) is 13.8. The Morgan fingerprint density at radius 1 is 1.09 bits per heavy atom. The molecular weight excluding hydrogens is 296 g/mol. The molecule has 1 aromatic rings. The van der Waals surface area contributed by atoms with Gasteiger partial charge in [-0.05, 0) is 31.4 Å². The van der Waals surface area contributed by atoms with Gasteiger partial charge in [0.05, 0.1) is 37.6 Å². The molecule has 0 saturated carbocycles. The van der Waals surface area contributed by atoms with Crippen LogP contribution in [0.1, 0.15) is 19.3 Å². The lowest BCUT2D eigenvalue weighted by Gasteiger charge is -2.33. The highest BCUT2D eigenvalue weighted by Crippen LogP contribution is 2.17. The van der Waals surface area contributed by atoms with Gasteiger partial charge in [-0.25, -0.2) is 8.42 Å².